The molecule has 1 atom stereocenters. The molecule has 0 aromatic heterocycles. The normalized spacial score (nSPS) is 22.5. The van der Waals surface area contributed by atoms with Crippen LogP contribution >= 0.6 is 0 Å². The molecule has 2 heteroatoms. The van der Waals surface area contributed by atoms with Crippen LogP contribution in [0.15, 0.2) is 18.2 Å². The van der Waals surface area contributed by atoms with Gasteiger partial charge in [0.1, 0.15) is 11.6 Å². The van der Waals surface area contributed by atoms with Gasteiger partial charge in [-0.15, -0.1) is 0 Å². The monoisotopic (exact) mass is 208 g/mol. The third-order valence-electron chi connectivity index (χ3n) is 3.31. The smallest absolute Gasteiger partial charge is 0.126 e. The summed E-state index contributed by atoms with van der Waals surface area (Å²) in [6.07, 6.45) is 1.21. The van der Waals surface area contributed by atoms with Crippen LogP contribution in [0, 0.1) is 24.1 Å². The van der Waals surface area contributed by atoms with E-state index in [1.807, 2.05) is 6.92 Å². The number of ether oxygens (including phenoxy) is 1. The lowest BCUT2D eigenvalue weighted by Crippen LogP contribution is -2.05. The van der Waals surface area contributed by atoms with Crippen molar-refractivity contribution >= 4 is 0 Å². The molecule has 1 aliphatic carbocycles. The highest BCUT2D eigenvalue weighted by Gasteiger charge is 2.45. The number of rotatable bonds is 3. The van der Waals surface area contributed by atoms with Gasteiger partial charge in [0.25, 0.3) is 0 Å². The van der Waals surface area contributed by atoms with Crippen molar-refractivity contribution in [3.05, 3.63) is 29.6 Å². The maximum Gasteiger partial charge on any atom is 0.126 e. The molecule has 0 N–H and O–H groups in total. The molecule has 1 nitrogen and oxygen atoms in total. The zero-order chi connectivity index (χ0) is 11.1. The van der Waals surface area contributed by atoms with E-state index >= 15 is 0 Å². The Bertz CT molecular complexity index is 371. The van der Waals surface area contributed by atoms with Gasteiger partial charge in [-0.1, -0.05) is 19.9 Å². The molecule has 1 aliphatic rings. The summed E-state index contributed by atoms with van der Waals surface area (Å²) >= 11 is 0. The predicted octanol–water partition coefficient (Wildman–Crippen LogP) is 3.56. The highest BCUT2D eigenvalue weighted by atomic mass is 19.1. The SMILES string of the molecule is Cc1ccc(F)cc1OCC1CC1(C)C. The number of hydrogen-bond donors (Lipinski definition) is 0. The molecule has 0 saturated heterocycles. The molecule has 1 fully saturated rings. The van der Waals surface area contributed by atoms with Gasteiger partial charge in [-0.05, 0) is 36.3 Å². The molecule has 0 amide bonds. The Morgan fingerprint density at radius 2 is 2.13 bits per heavy atom. The Labute approximate surface area is 90.3 Å². The lowest BCUT2D eigenvalue weighted by Gasteiger charge is -2.09. The third kappa shape index (κ3) is 2.31. The van der Waals surface area contributed by atoms with E-state index in [0.29, 0.717) is 23.7 Å². The summed E-state index contributed by atoms with van der Waals surface area (Å²) in [7, 11) is 0. The summed E-state index contributed by atoms with van der Waals surface area (Å²) in [5, 5.41) is 0. The molecule has 0 aliphatic heterocycles. The van der Waals surface area contributed by atoms with Crippen LogP contribution in [0.2, 0.25) is 0 Å². The zero-order valence-corrected chi connectivity index (χ0v) is 9.51. The van der Waals surface area contributed by atoms with E-state index in [2.05, 4.69) is 13.8 Å². The van der Waals surface area contributed by atoms with E-state index in [9.17, 15) is 4.39 Å². The van der Waals surface area contributed by atoms with Gasteiger partial charge >= 0.3 is 0 Å². The molecule has 1 unspecified atom stereocenters. The van der Waals surface area contributed by atoms with Gasteiger partial charge in [0.15, 0.2) is 0 Å². The molecule has 1 aromatic rings. The lowest BCUT2D eigenvalue weighted by molar-refractivity contribution is 0.277. The minimum atomic E-state index is -0.231. The highest BCUT2D eigenvalue weighted by Crippen LogP contribution is 2.51. The quantitative estimate of drug-likeness (QED) is 0.738. The van der Waals surface area contributed by atoms with Crippen molar-refractivity contribution in [2.45, 2.75) is 27.2 Å². The van der Waals surface area contributed by atoms with E-state index in [1.54, 1.807) is 6.07 Å². The lowest BCUT2D eigenvalue weighted by atomic mass is 10.1. The zero-order valence-electron chi connectivity index (χ0n) is 9.51. The number of aryl methyl sites for hydroxylation is 1. The molecule has 1 aromatic carbocycles. The van der Waals surface area contributed by atoms with Crippen LogP contribution in [0.25, 0.3) is 0 Å². The second kappa shape index (κ2) is 3.51. The summed E-state index contributed by atoms with van der Waals surface area (Å²) < 4.78 is 18.6. The van der Waals surface area contributed by atoms with E-state index in [4.69, 9.17) is 4.74 Å². The standard InChI is InChI=1S/C13H17FO/c1-9-4-5-11(14)6-12(9)15-8-10-7-13(10,2)3/h4-6,10H,7-8H2,1-3H3. The molecule has 0 heterocycles. The summed E-state index contributed by atoms with van der Waals surface area (Å²) in [4.78, 5) is 0. The number of benzene rings is 1. The summed E-state index contributed by atoms with van der Waals surface area (Å²) in [6.45, 7) is 7.11. The summed E-state index contributed by atoms with van der Waals surface area (Å²) in [5.74, 6) is 1.07. The fourth-order valence-electron chi connectivity index (χ4n) is 1.78. The van der Waals surface area contributed by atoms with Crippen molar-refractivity contribution in [2.75, 3.05) is 6.61 Å². The van der Waals surface area contributed by atoms with Gasteiger partial charge in [0.2, 0.25) is 0 Å². The Morgan fingerprint density at radius 1 is 1.47 bits per heavy atom. The Kier molecular flexibility index (Phi) is 2.45. The third-order valence-corrected chi connectivity index (χ3v) is 3.31. The van der Waals surface area contributed by atoms with Gasteiger partial charge in [-0.2, -0.15) is 0 Å². The first-order valence-corrected chi connectivity index (χ1v) is 5.38. The molecular formula is C13H17FO. The van der Waals surface area contributed by atoms with Crippen molar-refractivity contribution in [3.63, 3.8) is 0 Å². The maximum atomic E-state index is 13.0. The van der Waals surface area contributed by atoms with Gasteiger partial charge in [0.05, 0.1) is 6.61 Å². The van der Waals surface area contributed by atoms with Gasteiger partial charge in [0, 0.05) is 6.07 Å². The van der Waals surface area contributed by atoms with E-state index in [0.717, 1.165) is 5.56 Å². The topological polar surface area (TPSA) is 9.23 Å². The maximum absolute atomic E-state index is 13.0. The molecule has 2 rings (SSSR count). The number of halogens is 1. The summed E-state index contributed by atoms with van der Waals surface area (Å²) in [5.41, 5.74) is 1.41. The molecule has 15 heavy (non-hydrogen) atoms. The molecule has 0 radical (unpaired) electrons. The minimum absolute atomic E-state index is 0.231. The van der Waals surface area contributed by atoms with Crippen LogP contribution in [0.3, 0.4) is 0 Å². The summed E-state index contributed by atoms with van der Waals surface area (Å²) in [6, 6.07) is 4.68. The average Bonchev–Trinajstić information content (AvgIpc) is 2.76. The largest absolute Gasteiger partial charge is 0.493 e. The van der Waals surface area contributed by atoms with Crippen LogP contribution in [-0.2, 0) is 0 Å². The first-order valence-electron chi connectivity index (χ1n) is 5.38. The van der Waals surface area contributed by atoms with Gasteiger partial charge in [-0.3, -0.25) is 0 Å². The molecule has 82 valence electrons. The Balaban J connectivity index is 1.96. The first-order chi connectivity index (χ1) is 6.99. The fraction of sp³-hybridized carbons (Fsp3) is 0.538. The van der Waals surface area contributed by atoms with E-state index in [-0.39, 0.29) is 5.82 Å². The Morgan fingerprint density at radius 3 is 2.73 bits per heavy atom. The molecule has 1 saturated carbocycles. The highest BCUT2D eigenvalue weighted by molar-refractivity contribution is 5.32. The van der Waals surface area contributed by atoms with Gasteiger partial charge < -0.3 is 4.74 Å². The van der Waals surface area contributed by atoms with Crippen molar-refractivity contribution in [3.8, 4) is 5.75 Å². The van der Waals surface area contributed by atoms with Crippen molar-refractivity contribution in [2.24, 2.45) is 11.3 Å². The van der Waals surface area contributed by atoms with Crippen LogP contribution in [0.5, 0.6) is 5.75 Å². The van der Waals surface area contributed by atoms with Crippen LogP contribution in [-0.4, -0.2) is 6.61 Å². The average molecular weight is 208 g/mol. The van der Waals surface area contributed by atoms with Crippen molar-refractivity contribution in [1.29, 1.82) is 0 Å². The fourth-order valence-corrected chi connectivity index (χ4v) is 1.78. The molecular weight excluding hydrogens is 191 g/mol. The minimum Gasteiger partial charge on any atom is -0.493 e. The van der Waals surface area contributed by atoms with Gasteiger partial charge in [-0.25, -0.2) is 4.39 Å². The van der Waals surface area contributed by atoms with Crippen molar-refractivity contribution < 1.29 is 9.13 Å². The number of hydrogen-bond acceptors (Lipinski definition) is 1. The van der Waals surface area contributed by atoms with Crippen LogP contribution in [0.4, 0.5) is 4.39 Å². The van der Waals surface area contributed by atoms with Crippen molar-refractivity contribution in [1.82, 2.24) is 0 Å². The van der Waals surface area contributed by atoms with Crippen LogP contribution < -0.4 is 4.74 Å². The van der Waals surface area contributed by atoms with E-state index < -0.39 is 0 Å². The van der Waals surface area contributed by atoms with Crippen LogP contribution in [0.1, 0.15) is 25.8 Å². The molecule has 0 bridgehead atoms. The second-order valence-corrected chi connectivity index (χ2v) is 5.11. The Hall–Kier alpha value is -1.05. The predicted molar refractivity (Wildman–Crippen MR) is 58.5 cm³/mol. The second-order valence-electron chi connectivity index (χ2n) is 5.11. The van der Waals surface area contributed by atoms with E-state index in [1.165, 1.54) is 18.6 Å². The molecule has 0 spiro atoms. The first kappa shape index (κ1) is 10.5.